The van der Waals surface area contributed by atoms with Gasteiger partial charge in [0.2, 0.25) is 5.91 Å². The summed E-state index contributed by atoms with van der Waals surface area (Å²) >= 11 is 0. The third kappa shape index (κ3) is 3.88. The molecule has 1 aliphatic rings. The molecule has 8 heteroatoms. The highest BCUT2D eigenvalue weighted by molar-refractivity contribution is 5.79. The van der Waals surface area contributed by atoms with E-state index in [9.17, 15) is 18.0 Å². The first kappa shape index (κ1) is 16.5. The highest BCUT2D eigenvalue weighted by Crippen LogP contribution is 2.29. The van der Waals surface area contributed by atoms with Crippen LogP contribution in [-0.2, 0) is 11.0 Å². The van der Waals surface area contributed by atoms with Crippen LogP contribution in [0.1, 0.15) is 18.9 Å². The van der Waals surface area contributed by atoms with Crippen LogP contribution in [0.5, 0.6) is 0 Å². The average molecular weight is 316 g/mol. The SMILES string of the molecule is CC(C(N)=O)N1CCCN(c2ccc(C(F)(F)F)cn2)CC1. The molecule has 0 aliphatic carbocycles. The highest BCUT2D eigenvalue weighted by atomic mass is 19.4. The molecule has 22 heavy (non-hydrogen) atoms. The number of carbonyl (C=O) groups is 1. The van der Waals surface area contributed by atoms with Crippen molar-refractivity contribution in [1.82, 2.24) is 9.88 Å². The zero-order chi connectivity index (χ0) is 16.3. The van der Waals surface area contributed by atoms with E-state index in [1.54, 1.807) is 6.92 Å². The molecule has 1 unspecified atom stereocenters. The van der Waals surface area contributed by atoms with Gasteiger partial charge in [-0.2, -0.15) is 13.2 Å². The maximum absolute atomic E-state index is 12.5. The largest absolute Gasteiger partial charge is 0.417 e. The summed E-state index contributed by atoms with van der Waals surface area (Å²) in [7, 11) is 0. The van der Waals surface area contributed by atoms with E-state index < -0.39 is 11.7 Å². The molecule has 122 valence electrons. The molecule has 1 atom stereocenters. The summed E-state index contributed by atoms with van der Waals surface area (Å²) in [6, 6.07) is 2.08. The number of pyridine rings is 1. The number of halogens is 3. The first-order chi connectivity index (χ1) is 10.3. The van der Waals surface area contributed by atoms with E-state index in [2.05, 4.69) is 4.98 Å². The van der Waals surface area contributed by atoms with Crippen LogP contribution >= 0.6 is 0 Å². The van der Waals surface area contributed by atoms with Gasteiger partial charge in [0.15, 0.2) is 0 Å². The molecule has 5 nitrogen and oxygen atoms in total. The number of nitrogens with two attached hydrogens (primary N) is 1. The summed E-state index contributed by atoms with van der Waals surface area (Å²) < 4.78 is 37.6. The summed E-state index contributed by atoms with van der Waals surface area (Å²) in [5.41, 5.74) is 4.55. The number of hydrogen-bond acceptors (Lipinski definition) is 4. The average Bonchev–Trinajstić information content (AvgIpc) is 2.71. The minimum Gasteiger partial charge on any atom is -0.368 e. The van der Waals surface area contributed by atoms with Crippen molar-refractivity contribution < 1.29 is 18.0 Å². The van der Waals surface area contributed by atoms with Crippen molar-refractivity contribution in [2.75, 3.05) is 31.1 Å². The fourth-order valence-corrected chi connectivity index (χ4v) is 2.47. The molecule has 1 aliphatic heterocycles. The number of amides is 1. The van der Waals surface area contributed by atoms with Crippen LogP contribution in [0, 0.1) is 0 Å². The van der Waals surface area contributed by atoms with Gasteiger partial charge in [-0.3, -0.25) is 9.69 Å². The van der Waals surface area contributed by atoms with Gasteiger partial charge in [-0.1, -0.05) is 0 Å². The Morgan fingerprint density at radius 1 is 1.27 bits per heavy atom. The third-order valence-corrected chi connectivity index (χ3v) is 3.89. The Morgan fingerprint density at radius 2 is 2.00 bits per heavy atom. The van der Waals surface area contributed by atoms with E-state index in [4.69, 9.17) is 5.73 Å². The number of nitrogens with zero attached hydrogens (tertiary/aromatic N) is 3. The lowest BCUT2D eigenvalue weighted by Gasteiger charge is -2.25. The topological polar surface area (TPSA) is 62.5 Å². The predicted molar refractivity (Wildman–Crippen MR) is 76.3 cm³/mol. The molecule has 1 amide bonds. The summed E-state index contributed by atoms with van der Waals surface area (Å²) in [6.45, 7) is 4.37. The number of alkyl halides is 3. The normalized spacial score (nSPS) is 18.8. The van der Waals surface area contributed by atoms with Gasteiger partial charge in [0.1, 0.15) is 5.82 Å². The Morgan fingerprint density at radius 3 is 2.55 bits per heavy atom. The third-order valence-electron chi connectivity index (χ3n) is 3.89. The van der Waals surface area contributed by atoms with Crippen LogP contribution in [0.2, 0.25) is 0 Å². The van der Waals surface area contributed by atoms with Crippen molar-refractivity contribution in [3.8, 4) is 0 Å². The molecule has 0 saturated carbocycles. The van der Waals surface area contributed by atoms with Crippen LogP contribution < -0.4 is 10.6 Å². The predicted octanol–water partition coefficient (Wildman–Crippen LogP) is 1.49. The Labute approximate surface area is 126 Å². The van der Waals surface area contributed by atoms with E-state index >= 15 is 0 Å². The summed E-state index contributed by atoms with van der Waals surface area (Å²) in [5, 5.41) is 0. The van der Waals surface area contributed by atoms with Crippen LogP contribution in [0.4, 0.5) is 19.0 Å². The van der Waals surface area contributed by atoms with Crippen molar-refractivity contribution >= 4 is 11.7 Å². The molecular formula is C14H19F3N4O. The molecule has 1 fully saturated rings. The van der Waals surface area contributed by atoms with Crippen LogP contribution in [0.25, 0.3) is 0 Å². The zero-order valence-corrected chi connectivity index (χ0v) is 12.3. The fraction of sp³-hybridized carbons (Fsp3) is 0.571. The summed E-state index contributed by atoms with van der Waals surface area (Å²) in [6.07, 6.45) is -2.73. The number of carbonyl (C=O) groups excluding carboxylic acids is 1. The van der Waals surface area contributed by atoms with Gasteiger partial charge in [-0.05, 0) is 25.5 Å². The van der Waals surface area contributed by atoms with E-state index in [0.29, 0.717) is 25.5 Å². The first-order valence-corrected chi connectivity index (χ1v) is 7.10. The standard InChI is InChI=1S/C14H19F3N4O/c1-10(13(18)22)20-5-2-6-21(8-7-20)12-4-3-11(9-19-12)14(15,16)17/h3-4,9-10H,2,5-8H2,1H3,(H2,18,22). The molecule has 0 radical (unpaired) electrons. The van der Waals surface area contributed by atoms with E-state index in [1.165, 1.54) is 6.07 Å². The van der Waals surface area contributed by atoms with Crippen molar-refractivity contribution in [2.45, 2.75) is 25.6 Å². The van der Waals surface area contributed by atoms with Crippen LogP contribution in [0.3, 0.4) is 0 Å². The molecule has 0 spiro atoms. The molecule has 2 N–H and O–H groups in total. The Kier molecular flexibility index (Phi) is 4.90. The van der Waals surface area contributed by atoms with Gasteiger partial charge in [-0.15, -0.1) is 0 Å². The second kappa shape index (κ2) is 6.51. The number of anilines is 1. The molecular weight excluding hydrogens is 297 g/mol. The number of aromatic nitrogens is 1. The van der Waals surface area contributed by atoms with E-state index in [0.717, 1.165) is 25.2 Å². The Bertz CT molecular complexity index is 518. The number of rotatable bonds is 3. The highest BCUT2D eigenvalue weighted by Gasteiger charge is 2.31. The van der Waals surface area contributed by atoms with Crippen LogP contribution in [0.15, 0.2) is 18.3 Å². The molecule has 2 rings (SSSR count). The quantitative estimate of drug-likeness (QED) is 0.918. The first-order valence-electron chi connectivity index (χ1n) is 7.10. The molecule has 1 saturated heterocycles. The molecule has 1 aromatic heterocycles. The maximum atomic E-state index is 12.5. The lowest BCUT2D eigenvalue weighted by atomic mass is 10.2. The molecule has 1 aromatic rings. The number of hydrogen-bond donors (Lipinski definition) is 1. The Balaban J connectivity index is 2.03. The van der Waals surface area contributed by atoms with Gasteiger partial charge < -0.3 is 10.6 Å². The lowest BCUT2D eigenvalue weighted by molar-refractivity contribution is -0.137. The van der Waals surface area contributed by atoms with Gasteiger partial charge in [0, 0.05) is 32.4 Å². The van der Waals surface area contributed by atoms with Crippen molar-refractivity contribution in [2.24, 2.45) is 5.73 Å². The van der Waals surface area contributed by atoms with Gasteiger partial charge in [0.25, 0.3) is 0 Å². The van der Waals surface area contributed by atoms with Crippen molar-refractivity contribution in [3.63, 3.8) is 0 Å². The van der Waals surface area contributed by atoms with Gasteiger partial charge in [-0.25, -0.2) is 4.98 Å². The minimum absolute atomic E-state index is 0.347. The second-order valence-corrected chi connectivity index (χ2v) is 5.36. The zero-order valence-electron chi connectivity index (χ0n) is 12.3. The molecule has 0 bridgehead atoms. The summed E-state index contributed by atoms with van der Waals surface area (Å²) in [5.74, 6) is 0.141. The fourth-order valence-electron chi connectivity index (χ4n) is 2.47. The number of primary amides is 1. The van der Waals surface area contributed by atoms with Crippen molar-refractivity contribution in [1.29, 1.82) is 0 Å². The Hall–Kier alpha value is -1.83. The maximum Gasteiger partial charge on any atom is 0.417 e. The lowest BCUT2D eigenvalue weighted by Crippen LogP contribution is -2.44. The smallest absolute Gasteiger partial charge is 0.368 e. The molecule has 2 heterocycles. The van der Waals surface area contributed by atoms with E-state index in [1.807, 2.05) is 9.80 Å². The second-order valence-electron chi connectivity index (χ2n) is 5.36. The van der Waals surface area contributed by atoms with Gasteiger partial charge in [0.05, 0.1) is 11.6 Å². The minimum atomic E-state index is -4.38. The van der Waals surface area contributed by atoms with Gasteiger partial charge >= 0.3 is 6.18 Å². The molecule has 0 aromatic carbocycles. The van der Waals surface area contributed by atoms with Crippen molar-refractivity contribution in [3.05, 3.63) is 23.9 Å². The van der Waals surface area contributed by atoms with Crippen LogP contribution in [-0.4, -0.2) is 48.0 Å². The monoisotopic (exact) mass is 316 g/mol. The van der Waals surface area contributed by atoms with E-state index in [-0.39, 0.29) is 11.9 Å². The summed E-state index contributed by atoms with van der Waals surface area (Å²) in [4.78, 5) is 19.1.